The molecular formula is C10H14O2. The SMILES string of the molecule is CC1/C(=C\C(=O)O)C2CCC1C2. The van der Waals surface area contributed by atoms with E-state index in [1.165, 1.54) is 30.9 Å². The summed E-state index contributed by atoms with van der Waals surface area (Å²) in [6, 6.07) is 0. The minimum atomic E-state index is -0.774. The fourth-order valence-electron chi connectivity index (χ4n) is 2.81. The maximum Gasteiger partial charge on any atom is 0.328 e. The molecule has 2 heteroatoms. The Morgan fingerprint density at radius 2 is 2.33 bits per heavy atom. The van der Waals surface area contributed by atoms with Crippen molar-refractivity contribution in [3.63, 3.8) is 0 Å². The molecule has 2 fully saturated rings. The Kier molecular flexibility index (Phi) is 1.71. The lowest BCUT2D eigenvalue weighted by atomic mass is 9.85. The maximum absolute atomic E-state index is 10.5. The Morgan fingerprint density at radius 3 is 2.83 bits per heavy atom. The van der Waals surface area contributed by atoms with Crippen LogP contribution in [0.5, 0.6) is 0 Å². The smallest absolute Gasteiger partial charge is 0.328 e. The van der Waals surface area contributed by atoms with Gasteiger partial charge in [-0.15, -0.1) is 0 Å². The lowest BCUT2D eigenvalue weighted by Gasteiger charge is -2.20. The topological polar surface area (TPSA) is 37.3 Å². The van der Waals surface area contributed by atoms with Crippen LogP contribution in [0.4, 0.5) is 0 Å². The second-order valence-electron chi connectivity index (χ2n) is 4.04. The van der Waals surface area contributed by atoms with Crippen LogP contribution >= 0.6 is 0 Å². The van der Waals surface area contributed by atoms with Crippen molar-refractivity contribution in [1.82, 2.24) is 0 Å². The fraction of sp³-hybridized carbons (Fsp3) is 0.700. The third-order valence-electron chi connectivity index (χ3n) is 3.47. The lowest BCUT2D eigenvalue weighted by molar-refractivity contribution is -0.131. The van der Waals surface area contributed by atoms with E-state index >= 15 is 0 Å². The Balaban J connectivity index is 2.22. The van der Waals surface area contributed by atoms with E-state index in [1.54, 1.807) is 0 Å². The van der Waals surface area contributed by atoms with Crippen LogP contribution < -0.4 is 0 Å². The van der Waals surface area contributed by atoms with E-state index in [1.807, 2.05) is 0 Å². The molecule has 0 spiro atoms. The second kappa shape index (κ2) is 2.61. The number of allylic oxidation sites excluding steroid dienone is 1. The number of hydrogen-bond acceptors (Lipinski definition) is 1. The molecule has 2 aliphatic carbocycles. The van der Waals surface area contributed by atoms with E-state index in [0.717, 1.165) is 5.92 Å². The standard InChI is InChI=1S/C10H14O2/c1-6-7-2-3-8(4-7)9(6)5-10(11)12/h5-8H,2-4H2,1H3,(H,11,12)/b9-5+. The summed E-state index contributed by atoms with van der Waals surface area (Å²) in [4.78, 5) is 10.5. The monoisotopic (exact) mass is 166 g/mol. The van der Waals surface area contributed by atoms with Gasteiger partial charge in [0.15, 0.2) is 0 Å². The summed E-state index contributed by atoms with van der Waals surface area (Å²) in [6.45, 7) is 2.17. The van der Waals surface area contributed by atoms with Crippen molar-refractivity contribution in [2.45, 2.75) is 26.2 Å². The average molecular weight is 166 g/mol. The van der Waals surface area contributed by atoms with Gasteiger partial charge in [-0.05, 0) is 37.0 Å². The molecular weight excluding hydrogens is 152 g/mol. The van der Waals surface area contributed by atoms with E-state index < -0.39 is 5.97 Å². The molecule has 2 bridgehead atoms. The molecule has 0 radical (unpaired) electrons. The lowest BCUT2D eigenvalue weighted by Crippen LogP contribution is -2.11. The van der Waals surface area contributed by atoms with Gasteiger partial charge in [0.25, 0.3) is 0 Å². The molecule has 0 heterocycles. The van der Waals surface area contributed by atoms with Crippen molar-refractivity contribution in [3.05, 3.63) is 11.6 Å². The third kappa shape index (κ3) is 1.06. The van der Waals surface area contributed by atoms with E-state index in [2.05, 4.69) is 6.92 Å². The molecule has 12 heavy (non-hydrogen) atoms. The van der Waals surface area contributed by atoms with Crippen LogP contribution in [-0.2, 0) is 4.79 Å². The second-order valence-corrected chi connectivity index (χ2v) is 4.04. The third-order valence-corrected chi connectivity index (χ3v) is 3.47. The van der Waals surface area contributed by atoms with Crippen LogP contribution in [0, 0.1) is 17.8 Å². The Morgan fingerprint density at radius 1 is 1.58 bits per heavy atom. The highest BCUT2D eigenvalue weighted by atomic mass is 16.4. The van der Waals surface area contributed by atoms with Crippen molar-refractivity contribution < 1.29 is 9.90 Å². The molecule has 0 aromatic rings. The predicted molar refractivity (Wildman–Crippen MR) is 45.7 cm³/mol. The molecule has 2 nitrogen and oxygen atoms in total. The highest BCUT2D eigenvalue weighted by Gasteiger charge is 2.41. The zero-order valence-corrected chi connectivity index (χ0v) is 7.29. The summed E-state index contributed by atoms with van der Waals surface area (Å²) < 4.78 is 0. The van der Waals surface area contributed by atoms with Crippen LogP contribution in [0.25, 0.3) is 0 Å². The van der Waals surface area contributed by atoms with Gasteiger partial charge in [-0.25, -0.2) is 4.79 Å². The number of hydrogen-bond donors (Lipinski definition) is 1. The first-order chi connectivity index (χ1) is 5.68. The molecule has 66 valence electrons. The molecule has 1 N–H and O–H groups in total. The molecule has 0 amide bonds. The maximum atomic E-state index is 10.5. The van der Waals surface area contributed by atoms with Crippen molar-refractivity contribution >= 4 is 5.97 Å². The van der Waals surface area contributed by atoms with E-state index in [9.17, 15) is 4.79 Å². The zero-order chi connectivity index (χ0) is 8.72. The van der Waals surface area contributed by atoms with Gasteiger partial charge in [0.1, 0.15) is 0 Å². The van der Waals surface area contributed by atoms with Gasteiger partial charge < -0.3 is 5.11 Å². The number of carboxylic acids is 1. The van der Waals surface area contributed by atoms with Crippen molar-refractivity contribution in [1.29, 1.82) is 0 Å². The summed E-state index contributed by atoms with van der Waals surface area (Å²) in [7, 11) is 0. The summed E-state index contributed by atoms with van der Waals surface area (Å²) in [5.41, 5.74) is 1.19. The Labute approximate surface area is 72.3 Å². The van der Waals surface area contributed by atoms with E-state index in [-0.39, 0.29) is 0 Å². The predicted octanol–water partition coefficient (Wildman–Crippen LogP) is 2.06. The van der Waals surface area contributed by atoms with Gasteiger partial charge in [0, 0.05) is 6.08 Å². The molecule has 2 rings (SSSR count). The minimum absolute atomic E-state index is 0.528. The number of fused-ring (bicyclic) bond motifs is 2. The van der Waals surface area contributed by atoms with Crippen LogP contribution in [0.3, 0.4) is 0 Å². The Hall–Kier alpha value is -0.790. The van der Waals surface area contributed by atoms with Crippen molar-refractivity contribution in [2.24, 2.45) is 17.8 Å². The molecule has 0 saturated heterocycles. The number of carbonyl (C=O) groups is 1. The first-order valence-corrected chi connectivity index (χ1v) is 4.63. The molecule has 3 unspecified atom stereocenters. The van der Waals surface area contributed by atoms with Gasteiger partial charge in [0.2, 0.25) is 0 Å². The van der Waals surface area contributed by atoms with Crippen molar-refractivity contribution in [3.8, 4) is 0 Å². The minimum Gasteiger partial charge on any atom is -0.478 e. The molecule has 2 aliphatic rings. The van der Waals surface area contributed by atoms with Gasteiger partial charge in [0.05, 0.1) is 0 Å². The molecule has 2 saturated carbocycles. The van der Waals surface area contributed by atoms with Gasteiger partial charge >= 0.3 is 5.97 Å². The first-order valence-electron chi connectivity index (χ1n) is 4.63. The zero-order valence-electron chi connectivity index (χ0n) is 7.29. The largest absolute Gasteiger partial charge is 0.478 e. The number of rotatable bonds is 1. The van der Waals surface area contributed by atoms with E-state index in [4.69, 9.17) is 5.11 Å². The van der Waals surface area contributed by atoms with Crippen LogP contribution in [0.1, 0.15) is 26.2 Å². The summed E-state index contributed by atoms with van der Waals surface area (Å²) in [6.07, 6.45) is 5.20. The van der Waals surface area contributed by atoms with E-state index in [0.29, 0.717) is 11.8 Å². The highest BCUT2D eigenvalue weighted by Crippen LogP contribution is 2.51. The summed E-state index contributed by atoms with van der Waals surface area (Å²) >= 11 is 0. The molecule has 0 aromatic carbocycles. The van der Waals surface area contributed by atoms with Crippen LogP contribution in [0.15, 0.2) is 11.6 Å². The van der Waals surface area contributed by atoms with Crippen LogP contribution in [0.2, 0.25) is 0 Å². The number of carboxylic acid groups (broad SMARTS) is 1. The van der Waals surface area contributed by atoms with Gasteiger partial charge in [-0.3, -0.25) is 0 Å². The van der Waals surface area contributed by atoms with Gasteiger partial charge in [-0.1, -0.05) is 12.5 Å². The molecule has 0 aromatic heterocycles. The van der Waals surface area contributed by atoms with Gasteiger partial charge in [-0.2, -0.15) is 0 Å². The quantitative estimate of drug-likeness (QED) is 0.605. The van der Waals surface area contributed by atoms with Crippen molar-refractivity contribution in [2.75, 3.05) is 0 Å². The highest BCUT2D eigenvalue weighted by molar-refractivity contribution is 5.81. The fourth-order valence-corrected chi connectivity index (χ4v) is 2.81. The summed E-state index contributed by atoms with van der Waals surface area (Å²) in [5, 5.41) is 8.64. The molecule has 3 atom stereocenters. The normalized spacial score (nSPS) is 42.4. The Bertz CT molecular complexity index is 238. The first kappa shape index (κ1) is 7.84. The van der Waals surface area contributed by atoms with Crippen LogP contribution in [-0.4, -0.2) is 11.1 Å². The average Bonchev–Trinajstić information content (AvgIpc) is 2.53. The number of aliphatic carboxylic acids is 1. The molecule has 0 aliphatic heterocycles. The summed E-state index contributed by atoms with van der Waals surface area (Å²) in [5.74, 6) is 1.13.